The van der Waals surface area contributed by atoms with Crippen molar-refractivity contribution in [1.82, 2.24) is 4.57 Å². The van der Waals surface area contributed by atoms with Crippen LogP contribution in [-0.2, 0) is 11.2 Å². The molecule has 1 aromatic heterocycles. The van der Waals surface area contributed by atoms with E-state index >= 15 is 0 Å². The van der Waals surface area contributed by atoms with Gasteiger partial charge in [0.25, 0.3) is 0 Å². The Morgan fingerprint density at radius 2 is 2.35 bits per heavy atom. The maximum Gasteiger partial charge on any atom is 0.164 e. The van der Waals surface area contributed by atoms with Crippen LogP contribution in [0.2, 0.25) is 0 Å². The van der Waals surface area contributed by atoms with Crippen LogP contribution in [0.4, 0.5) is 0 Å². The Morgan fingerprint density at radius 1 is 1.47 bits per heavy atom. The van der Waals surface area contributed by atoms with Gasteiger partial charge >= 0.3 is 0 Å². The van der Waals surface area contributed by atoms with Crippen LogP contribution in [-0.4, -0.2) is 23.6 Å². The summed E-state index contributed by atoms with van der Waals surface area (Å²) in [7, 11) is 0. The highest BCUT2D eigenvalue weighted by Crippen LogP contribution is 2.31. The zero-order valence-electron chi connectivity index (χ0n) is 10.3. The van der Waals surface area contributed by atoms with E-state index in [1.807, 2.05) is 6.07 Å². The second-order valence-corrected chi connectivity index (χ2v) is 5.22. The highest BCUT2D eigenvalue weighted by atomic mass is 16.5. The van der Waals surface area contributed by atoms with Gasteiger partial charge in [-0.05, 0) is 32.3 Å². The van der Waals surface area contributed by atoms with Gasteiger partial charge in [0, 0.05) is 42.4 Å². The summed E-state index contributed by atoms with van der Waals surface area (Å²) in [5.74, 6) is 0.920. The van der Waals surface area contributed by atoms with E-state index in [9.17, 15) is 4.79 Å². The van der Waals surface area contributed by atoms with Gasteiger partial charge in [0.15, 0.2) is 5.78 Å². The number of hydrogen-bond acceptors (Lipinski definition) is 2. The molecule has 0 amide bonds. The number of Topliss-reactive ketones (excluding diaryl/α,β-unsaturated/α-hetero) is 1. The number of carbonyl (C=O) groups excluding carboxylic acids is 1. The van der Waals surface area contributed by atoms with E-state index < -0.39 is 0 Å². The molecule has 3 rings (SSSR count). The van der Waals surface area contributed by atoms with E-state index in [4.69, 9.17) is 4.74 Å². The molecule has 1 fully saturated rings. The fourth-order valence-electron chi connectivity index (χ4n) is 3.09. The van der Waals surface area contributed by atoms with Gasteiger partial charge in [-0.25, -0.2) is 0 Å². The standard InChI is InChI=1S/C14H19NO2/c1-10(11-6-8-17-9-11)15-7-5-12-13(15)3-2-4-14(12)16/h5,7,10-11H,2-4,6,8-9H2,1H3. The van der Waals surface area contributed by atoms with Crippen LogP contribution in [0.15, 0.2) is 12.3 Å². The Morgan fingerprint density at radius 3 is 3.12 bits per heavy atom. The third-order valence-electron chi connectivity index (χ3n) is 4.23. The predicted molar refractivity (Wildman–Crippen MR) is 65.3 cm³/mol. The van der Waals surface area contributed by atoms with E-state index in [2.05, 4.69) is 17.7 Å². The van der Waals surface area contributed by atoms with Gasteiger partial charge in [-0.3, -0.25) is 4.79 Å². The van der Waals surface area contributed by atoms with Crippen LogP contribution in [0.25, 0.3) is 0 Å². The zero-order valence-corrected chi connectivity index (χ0v) is 10.3. The van der Waals surface area contributed by atoms with Gasteiger partial charge < -0.3 is 9.30 Å². The summed E-state index contributed by atoms with van der Waals surface area (Å²) < 4.78 is 7.77. The molecule has 3 nitrogen and oxygen atoms in total. The minimum Gasteiger partial charge on any atom is -0.381 e. The van der Waals surface area contributed by atoms with Crippen LogP contribution in [0.3, 0.4) is 0 Å². The molecule has 2 unspecified atom stereocenters. The molecule has 0 bridgehead atoms. The van der Waals surface area contributed by atoms with Crippen molar-refractivity contribution >= 4 is 5.78 Å². The Hall–Kier alpha value is -1.09. The molecule has 1 aliphatic heterocycles. The fourth-order valence-corrected chi connectivity index (χ4v) is 3.09. The monoisotopic (exact) mass is 233 g/mol. The molecule has 2 atom stereocenters. The molecule has 17 heavy (non-hydrogen) atoms. The summed E-state index contributed by atoms with van der Waals surface area (Å²) in [6, 6.07) is 2.45. The maximum absolute atomic E-state index is 11.8. The van der Waals surface area contributed by atoms with E-state index in [0.717, 1.165) is 44.5 Å². The van der Waals surface area contributed by atoms with E-state index in [-0.39, 0.29) is 0 Å². The molecule has 0 spiro atoms. The SMILES string of the molecule is CC(C1CCOC1)n1ccc2c1CCCC2=O. The summed E-state index contributed by atoms with van der Waals surface area (Å²) >= 11 is 0. The molecular formula is C14H19NO2. The van der Waals surface area contributed by atoms with Crippen LogP contribution in [0, 0.1) is 5.92 Å². The van der Waals surface area contributed by atoms with Gasteiger partial charge in [-0.2, -0.15) is 0 Å². The smallest absolute Gasteiger partial charge is 0.164 e. The number of hydrogen-bond donors (Lipinski definition) is 0. The highest BCUT2D eigenvalue weighted by Gasteiger charge is 2.27. The van der Waals surface area contributed by atoms with Gasteiger partial charge in [-0.15, -0.1) is 0 Å². The first kappa shape index (κ1) is 11.0. The van der Waals surface area contributed by atoms with Crippen LogP contribution in [0.5, 0.6) is 0 Å². The average molecular weight is 233 g/mol. The predicted octanol–water partition coefficient (Wildman–Crippen LogP) is 2.60. The lowest BCUT2D eigenvalue weighted by atomic mass is 9.95. The van der Waals surface area contributed by atoms with Gasteiger partial charge in [0.2, 0.25) is 0 Å². The summed E-state index contributed by atoms with van der Waals surface area (Å²) in [6.07, 6.45) is 6.01. The number of ketones is 1. The summed E-state index contributed by atoms with van der Waals surface area (Å²) in [5.41, 5.74) is 2.21. The number of rotatable bonds is 2. The molecule has 0 radical (unpaired) electrons. The minimum absolute atomic E-state index is 0.319. The third kappa shape index (κ3) is 1.82. The second-order valence-electron chi connectivity index (χ2n) is 5.22. The molecule has 92 valence electrons. The number of ether oxygens (including phenoxy) is 1. The lowest BCUT2D eigenvalue weighted by Crippen LogP contribution is -2.20. The fraction of sp³-hybridized carbons (Fsp3) is 0.643. The van der Waals surface area contributed by atoms with Gasteiger partial charge in [0.1, 0.15) is 0 Å². The van der Waals surface area contributed by atoms with Crippen LogP contribution >= 0.6 is 0 Å². The summed E-state index contributed by atoms with van der Waals surface area (Å²) in [4.78, 5) is 11.8. The molecule has 0 aromatic carbocycles. The van der Waals surface area contributed by atoms with Crippen molar-refractivity contribution in [3.63, 3.8) is 0 Å². The van der Waals surface area contributed by atoms with Gasteiger partial charge in [0.05, 0.1) is 6.61 Å². The lowest BCUT2D eigenvalue weighted by Gasteiger charge is -2.24. The van der Waals surface area contributed by atoms with Gasteiger partial charge in [-0.1, -0.05) is 0 Å². The Bertz CT molecular complexity index is 429. The number of carbonyl (C=O) groups is 1. The first-order chi connectivity index (χ1) is 8.27. The zero-order chi connectivity index (χ0) is 11.8. The highest BCUT2D eigenvalue weighted by molar-refractivity contribution is 5.98. The largest absolute Gasteiger partial charge is 0.381 e. The molecule has 3 heteroatoms. The Balaban J connectivity index is 1.90. The van der Waals surface area contributed by atoms with Crippen LogP contribution in [0.1, 0.15) is 48.3 Å². The molecule has 1 aliphatic carbocycles. The number of fused-ring (bicyclic) bond motifs is 1. The molecule has 2 aliphatic rings. The van der Waals surface area contributed by atoms with E-state index in [1.165, 1.54) is 5.69 Å². The topological polar surface area (TPSA) is 31.2 Å². The molecule has 1 aromatic rings. The van der Waals surface area contributed by atoms with Crippen molar-refractivity contribution in [3.05, 3.63) is 23.5 Å². The first-order valence-corrected chi connectivity index (χ1v) is 6.58. The number of aromatic nitrogens is 1. The van der Waals surface area contributed by atoms with Crippen molar-refractivity contribution in [2.45, 2.75) is 38.6 Å². The van der Waals surface area contributed by atoms with E-state index in [0.29, 0.717) is 17.7 Å². The lowest BCUT2D eigenvalue weighted by molar-refractivity contribution is 0.0971. The summed E-state index contributed by atoms with van der Waals surface area (Å²) in [6.45, 7) is 4.00. The van der Waals surface area contributed by atoms with Crippen molar-refractivity contribution < 1.29 is 9.53 Å². The number of nitrogens with zero attached hydrogens (tertiary/aromatic N) is 1. The Labute approximate surface area is 102 Å². The Kier molecular flexibility index (Phi) is 2.79. The van der Waals surface area contributed by atoms with Crippen LogP contribution < -0.4 is 0 Å². The van der Waals surface area contributed by atoms with Crippen molar-refractivity contribution in [2.24, 2.45) is 5.92 Å². The van der Waals surface area contributed by atoms with E-state index in [1.54, 1.807) is 0 Å². The molecule has 0 saturated carbocycles. The average Bonchev–Trinajstić information content (AvgIpc) is 2.98. The van der Waals surface area contributed by atoms with Crippen molar-refractivity contribution in [2.75, 3.05) is 13.2 Å². The quantitative estimate of drug-likeness (QED) is 0.786. The molecular weight excluding hydrogens is 214 g/mol. The van der Waals surface area contributed by atoms with Crippen molar-refractivity contribution in [1.29, 1.82) is 0 Å². The minimum atomic E-state index is 0.319. The molecule has 2 heterocycles. The molecule has 0 N–H and O–H groups in total. The van der Waals surface area contributed by atoms with Crippen molar-refractivity contribution in [3.8, 4) is 0 Å². The normalized spacial score (nSPS) is 25.9. The third-order valence-corrected chi connectivity index (χ3v) is 4.23. The first-order valence-electron chi connectivity index (χ1n) is 6.58. The second kappa shape index (κ2) is 4.30. The summed E-state index contributed by atoms with van der Waals surface area (Å²) in [5, 5.41) is 0. The molecule has 1 saturated heterocycles. The maximum atomic E-state index is 11.8.